The van der Waals surface area contributed by atoms with Crippen molar-refractivity contribution in [2.24, 2.45) is 5.41 Å². The minimum Gasteiger partial charge on any atom is -0.444 e. The first-order valence-electron chi connectivity index (χ1n) is 12.3. The molecule has 0 bridgehead atoms. The van der Waals surface area contributed by atoms with E-state index >= 15 is 0 Å². The van der Waals surface area contributed by atoms with E-state index in [1.54, 1.807) is 37.0 Å². The van der Waals surface area contributed by atoms with Crippen molar-refractivity contribution in [3.05, 3.63) is 41.0 Å². The number of thiazole rings is 1. The summed E-state index contributed by atoms with van der Waals surface area (Å²) < 4.78 is 5.37. The van der Waals surface area contributed by atoms with Crippen LogP contribution in [0, 0.1) is 12.3 Å². The van der Waals surface area contributed by atoms with E-state index in [9.17, 15) is 14.4 Å². The summed E-state index contributed by atoms with van der Waals surface area (Å²) in [5, 5.41) is 5.73. The van der Waals surface area contributed by atoms with Gasteiger partial charge in [0.15, 0.2) is 0 Å². The van der Waals surface area contributed by atoms with Crippen LogP contribution < -0.4 is 10.6 Å². The van der Waals surface area contributed by atoms with E-state index in [-0.39, 0.29) is 11.8 Å². The minimum atomic E-state index is -0.816. The third kappa shape index (κ3) is 7.06. The maximum atomic E-state index is 13.5. The SMILES string of the molecule is Cc1ncsc1-c1ccc(CNC(=O)[C@@H]2CCCN2C(=O)[C@@H](NC(=O)OC(C)(C)C)C(C)(C)C)cc1. The number of nitrogens with one attached hydrogen (secondary N) is 2. The summed E-state index contributed by atoms with van der Waals surface area (Å²) >= 11 is 1.60. The second-order valence-corrected chi connectivity index (χ2v) is 12.2. The van der Waals surface area contributed by atoms with Gasteiger partial charge in [0.1, 0.15) is 17.7 Å². The predicted octanol–water partition coefficient (Wildman–Crippen LogP) is 4.67. The van der Waals surface area contributed by atoms with Gasteiger partial charge in [-0.2, -0.15) is 0 Å². The van der Waals surface area contributed by atoms with Crippen molar-refractivity contribution in [3.8, 4) is 10.4 Å². The molecule has 2 atom stereocenters. The van der Waals surface area contributed by atoms with Crippen molar-refractivity contribution in [2.75, 3.05) is 6.54 Å². The highest BCUT2D eigenvalue weighted by Gasteiger charge is 2.42. The first-order chi connectivity index (χ1) is 16.8. The van der Waals surface area contributed by atoms with Crippen molar-refractivity contribution in [2.45, 2.75) is 85.5 Å². The van der Waals surface area contributed by atoms with Gasteiger partial charge in [0.25, 0.3) is 0 Å². The average molecular weight is 515 g/mol. The lowest BCUT2D eigenvalue weighted by Crippen LogP contribution is -2.58. The van der Waals surface area contributed by atoms with Crippen LogP contribution in [0.2, 0.25) is 0 Å². The van der Waals surface area contributed by atoms with Crippen LogP contribution in [0.5, 0.6) is 0 Å². The number of alkyl carbamates (subject to hydrolysis) is 1. The topological polar surface area (TPSA) is 101 Å². The van der Waals surface area contributed by atoms with E-state index in [1.807, 2.05) is 57.5 Å². The Morgan fingerprint density at radius 2 is 1.81 bits per heavy atom. The number of nitrogens with zero attached hydrogens (tertiary/aromatic N) is 2. The molecule has 3 amide bonds. The van der Waals surface area contributed by atoms with Crippen LogP contribution in [-0.2, 0) is 20.9 Å². The van der Waals surface area contributed by atoms with E-state index in [1.165, 1.54) is 0 Å². The highest BCUT2D eigenvalue weighted by atomic mass is 32.1. The van der Waals surface area contributed by atoms with Crippen LogP contribution in [-0.4, -0.2) is 52.0 Å². The number of amides is 3. The molecule has 2 aromatic rings. The fraction of sp³-hybridized carbons (Fsp3) is 0.556. The number of hydrogen-bond acceptors (Lipinski definition) is 6. The van der Waals surface area contributed by atoms with E-state index in [0.717, 1.165) is 28.1 Å². The summed E-state index contributed by atoms with van der Waals surface area (Å²) in [6.45, 7) is 13.8. The van der Waals surface area contributed by atoms with E-state index in [4.69, 9.17) is 4.74 Å². The number of hydrogen-bond donors (Lipinski definition) is 2. The Hall–Kier alpha value is -2.94. The summed E-state index contributed by atoms with van der Waals surface area (Å²) in [5.74, 6) is -0.455. The Bertz CT molecular complexity index is 1080. The highest BCUT2D eigenvalue weighted by Crippen LogP contribution is 2.28. The molecule has 3 rings (SSSR count). The standard InChI is InChI=1S/C27H38N4O4S/c1-17-21(36-16-29-17)19-12-10-18(11-13-19)15-28-23(32)20-9-8-14-31(20)24(33)22(26(2,3)4)30-25(34)35-27(5,6)7/h10-13,16,20,22H,8-9,14-15H2,1-7H3,(H,28,32)(H,30,34)/t20-,22+/m0/s1. The fourth-order valence-corrected chi connectivity index (χ4v) is 5.01. The molecule has 1 aliphatic rings. The lowest BCUT2D eigenvalue weighted by Gasteiger charge is -2.35. The zero-order valence-corrected chi connectivity index (χ0v) is 23.1. The molecule has 1 aromatic carbocycles. The van der Waals surface area contributed by atoms with Gasteiger partial charge in [-0.3, -0.25) is 9.59 Å². The first-order valence-corrected chi connectivity index (χ1v) is 13.2. The molecule has 0 spiro atoms. The maximum absolute atomic E-state index is 13.5. The summed E-state index contributed by atoms with van der Waals surface area (Å²) in [4.78, 5) is 46.1. The zero-order chi connectivity index (χ0) is 26.7. The molecule has 2 heterocycles. The summed E-state index contributed by atoms with van der Waals surface area (Å²) in [6.07, 6.45) is 0.675. The molecule has 1 saturated heterocycles. The molecule has 1 fully saturated rings. The van der Waals surface area contributed by atoms with Crippen LogP contribution in [0.3, 0.4) is 0 Å². The third-order valence-corrected chi connectivity index (χ3v) is 7.02. The summed E-state index contributed by atoms with van der Waals surface area (Å²) in [5.41, 5.74) is 3.68. The number of likely N-dealkylation sites (tertiary alicyclic amines) is 1. The molecule has 9 heteroatoms. The normalized spacial score (nSPS) is 17.0. The summed E-state index contributed by atoms with van der Waals surface area (Å²) in [6, 6.07) is 6.66. The molecular formula is C27H38N4O4S. The number of benzene rings is 1. The Kier molecular flexibility index (Phi) is 8.44. The number of rotatable bonds is 6. The molecule has 1 aromatic heterocycles. The highest BCUT2D eigenvalue weighted by molar-refractivity contribution is 7.13. The Balaban J connectivity index is 1.64. The van der Waals surface area contributed by atoms with E-state index in [0.29, 0.717) is 19.5 Å². The fourth-order valence-electron chi connectivity index (χ4n) is 4.20. The smallest absolute Gasteiger partial charge is 0.408 e. The van der Waals surface area contributed by atoms with Crippen molar-refractivity contribution in [3.63, 3.8) is 0 Å². The van der Waals surface area contributed by atoms with Crippen LogP contribution in [0.4, 0.5) is 4.79 Å². The van der Waals surface area contributed by atoms with Gasteiger partial charge in [-0.1, -0.05) is 45.0 Å². The largest absolute Gasteiger partial charge is 0.444 e. The second-order valence-electron chi connectivity index (χ2n) is 11.3. The predicted molar refractivity (Wildman–Crippen MR) is 141 cm³/mol. The van der Waals surface area contributed by atoms with Crippen molar-refractivity contribution >= 4 is 29.2 Å². The van der Waals surface area contributed by atoms with Crippen molar-refractivity contribution in [1.82, 2.24) is 20.5 Å². The van der Waals surface area contributed by atoms with Crippen molar-refractivity contribution in [1.29, 1.82) is 0 Å². The molecule has 36 heavy (non-hydrogen) atoms. The minimum absolute atomic E-state index is 0.187. The molecule has 196 valence electrons. The number of aryl methyl sites for hydroxylation is 1. The lowest BCUT2D eigenvalue weighted by atomic mass is 9.85. The molecule has 1 aliphatic heterocycles. The average Bonchev–Trinajstić information content (AvgIpc) is 3.43. The van der Waals surface area contributed by atoms with Crippen LogP contribution in [0.25, 0.3) is 10.4 Å². The monoisotopic (exact) mass is 514 g/mol. The van der Waals surface area contributed by atoms with Crippen LogP contribution in [0.15, 0.2) is 29.8 Å². The van der Waals surface area contributed by atoms with Crippen LogP contribution >= 0.6 is 11.3 Å². The number of carbonyl (C=O) groups is 3. The number of ether oxygens (including phenoxy) is 1. The second kappa shape index (κ2) is 11.0. The molecule has 2 N–H and O–H groups in total. The Labute approximate surface area is 217 Å². The van der Waals surface area contributed by atoms with Crippen molar-refractivity contribution < 1.29 is 19.1 Å². The molecule has 0 aliphatic carbocycles. The van der Waals surface area contributed by atoms with Gasteiger partial charge in [-0.25, -0.2) is 9.78 Å². The summed E-state index contributed by atoms with van der Waals surface area (Å²) in [7, 11) is 0. The number of carbonyl (C=O) groups excluding carboxylic acids is 3. The van der Waals surface area contributed by atoms with Crippen LogP contribution in [0.1, 0.15) is 65.6 Å². The van der Waals surface area contributed by atoms with Gasteiger partial charge in [-0.15, -0.1) is 11.3 Å². The Morgan fingerprint density at radius 3 is 2.36 bits per heavy atom. The number of aromatic nitrogens is 1. The molecule has 0 unspecified atom stereocenters. The first kappa shape index (κ1) is 27.6. The van der Waals surface area contributed by atoms with Gasteiger partial charge in [0.2, 0.25) is 11.8 Å². The van der Waals surface area contributed by atoms with E-state index in [2.05, 4.69) is 15.6 Å². The Morgan fingerprint density at radius 1 is 1.14 bits per heavy atom. The lowest BCUT2D eigenvalue weighted by molar-refractivity contribution is -0.142. The zero-order valence-electron chi connectivity index (χ0n) is 22.3. The van der Waals surface area contributed by atoms with Gasteiger partial charge in [0, 0.05) is 13.1 Å². The van der Waals surface area contributed by atoms with Gasteiger partial charge in [-0.05, 0) is 57.1 Å². The van der Waals surface area contributed by atoms with E-state index < -0.39 is 29.2 Å². The molecular weight excluding hydrogens is 476 g/mol. The van der Waals surface area contributed by atoms with Gasteiger partial charge >= 0.3 is 6.09 Å². The molecule has 0 radical (unpaired) electrons. The maximum Gasteiger partial charge on any atom is 0.408 e. The quantitative estimate of drug-likeness (QED) is 0.584. The molecule has 8 nitrogen and oxygen atoms in total. The molecule has 0 saturated carbocycles. The third-order valence-electron chi connectivity index (χ3n) is 6.04. The van der Waals surface area contributed by atoms with Gasteiger partial charge < -0.3 is 20.3 Å². The van der Waals surface area contributed by atoms with Gasteiger partial charge in [0.05, 0.1) is 16.1 Å².